The second-order valence-electron chi connectivity index (χ2n) is 6.86. The van der Waals surface area contributed by atoms with Gasteiger partial charge in [-0.25, -0.2) is 4.79 Å². The lowest BCUT2D eigenvalue weighted by molar-refractivity contribution is 0.00720. The molecule has 7 nitrogen and oxygen atoms in total. The SMILES string of the molecule is CC(C)C(CNC(=O)NCCNC(=O)c1cccc(Br)c1)N1CCOCC1. The lowest BCUT2D eigenvalue weighted by Crippen LogP contribution is -2.52. The first-order chi connectivity index (χ1) is 13.0. The predicted molar refractivity (Wildman–Crippen MR) is 109 cm³/mol. The fourth-order valence-corrected chi connectivity index (χ4v) is 3.44. The van der Waals surface area contributed by atoms with Crippen molar-refractivity contribution in [3.8, 4) is 0 Å². The van der Waals surface area contributed by atoms with Crippen molar-refractivity contribution in [1.29, 1.82) is 0 Å². The molecule has 0 aliphatic carbocycles. The minimum absolute atomic E-state index is 0.161. The number of carbonyl (C=O) groups excluding carboxylic acids is 2. The first-order valence-corrected chi connectivity index (χ1v) is 10.1. The van der Waals surface area contributed by atoms with Crippen molar-refractivity contribution in [1.82, 2.24) is 20.9 Å². The molecule has 1 atom stereocenters. The first kappa shape index (κ1) is 21.7. The zero-order chi connectivity index (χ0) is 19.6. The number of halogens is 1. The highest BCUT2D eigenvalue weighted by molar-refractivity contribution is 9.10. The van der Waals surface area contributed by atoms with Crippen molar-refractivity contribution in [2.75, 3.05) is 45.9 Å². The van der Waals surface area contributed by atoms with Gasteiger partial charge in [-0.15, -0.1) is 0 Å². The molecule has 1 saturated heterocycles. The third kappa shape index (κ3) is 7.48. The van der Waals surface area contributed by atoms with E-state index in [1.54, 1.807) is 12.1 Å². The van der Waals surface area contributed by atoms with E-state index >= 15 is 0 Å². The van der Waals surface area contributed by atoms with Gasteiger partial charge in [0, 0.05) is 48.8 Å². The van der Waals surface area contributed by atoms with Gasteiger partial charge in [0.25, 0.3) is 5.91 Å². The minimum atomic E-state index is -0.217. The maximum atomic E-state index is 12.0. The van der Waals surface area contributed by atoms with E-state index in [0.29, 0.717) is 31.1 Å². The Morgan fingerprint density at radius 1 is 1.15 bits per heavy atom. The van der Waals surface area contributed by atoms with E-state index in [2.05, 4.69) is 50.6 Å². The highest BCUT2D eigenvalue weighted by Crippen LogP contribution is 2.12. The summed E-state index contributed by atoms with van der Waals surface area (Å²) in [4.78, 5) is 26.4. The molecule has 8 heteroatoms. The third-order valence-corrected chi connectivity index (χ3v) is 5.03. The summed E-state index contributed by atoms with van der Waals surface area (Å²) >= 11 is 3.34. The quantitative estimate of drug-likeness (QED) is 0.538. The molecule has 0 bridgehead atoms. The maximum absolute atomic E-state index is 12.0. The number of rotatable bonds is 8. The summed E-state index contributed by atoms with van der Waals surface area (Å²) in [6, 6.07) is 7.25. The number of ether oxygens (including phenoxy) is 1. The zero-order valence-electron chi connectivity index (χ0n) is 16.0. The van der Waals surface area contributed by atoms with Gasteiger partial charge < -0.3 is 20.7 Å². The summed E-state index contributed by atoms with van der Waals surface area (Å²) in [6.45, 7) is 8.94. The van der Waals surface area contributed by atoms with Crippen molar-refractivity contribution < 1.29 is 14.3 Å². The molecule has 0 saturated carbocycles. The van der Waals surface area contributed by atoms with Crippen molar-refractivity contribution in [2.45, 2.75) is 19.9 Å². The summed E-state index contributed by atoms with van der Waals surface area (Å²) in [5, 5.41) is 8.51. The molecule has 1 aromatic rings. The Balaban J connectivity index is 1.65. The second-order valence-corrected chi connectivity index (χ2v) is 7.78. The van der Waals surface area contributed by atoms with Gasteiger partial charge in [-0.2, -0.15) is 0 Å². The zero-order valence-corrected chi connectivity index (χ0v) is 17.5. The van der Waals surface area contributed by atoms with Gasteiger partial charge in [-0.3, -0.25) is 9.69 Å². The molecule has 1 aliphatic rings. The van der Waals surface area contributed by atoms with Crippen LogP contribution in [0.15, 0.2) is 28.7 Å². The molecule has 0 spiro atoms. The van der Waals surface area contributed by atoms with Crippen LogP contribution < -0.4 is 16.0 Å². The molecule has 0 aromatic heterocycles. The third-order valence-electron chi connectivity index (χ3n) is 4.54. The number of carbonyl (C=O) groups is 2. The molecule has 0 radical (unpaired) electrons. The van der Waals surface area contributed by atoms with Crippen LogP contribution in [0.25, 0.3) is 0 Å². The van der Waals surface area contributed by atoms with Crippen LogP contribution in [0.2, 0.25) is 0 Å². The Bertz CT molecular complexity index is 621. The Hall–Kier alpha value is -1.64. The molecule has 1 aromatic carbocycles. The standard InChI is InChI=1S/C19H29BrN4O3/c1-14(2)17(24-8-10-27-11-9-24)13-23-19(26)22-7-6-21-18(25)15-4-3-5-16(20)12-15/h3-5,12,14,17H,6-11,13H2,1-2H3,(H,21,25)(H2,22,23,26). The van der Waals surface area contributed by atoms with E-state index in [9.17, 15) is 9.59 Å². The number of hydrogen-bond donors (Lipinski definition) is 3. The molecule has 3 N–H and O–H groups in total. The summed E-state index contributed by atoms with van der Waals surface area (Å²) < 4.78 is 6.25. The van der Waals surface area contributed by atoms with Crippen LogP contribution in [0.1, 0.15) is 24.2 Å². The molecule has 1 fully saturated rings. The number of nitrogens with zero attached hydrogens (tertiary/aromatic N) is 1. The van der Waals surface area contributed by atoms with Crippen molar-refractivity contribution in [3.63, 3.8) is 0 Å². The van der Waals surface area contributed by atoms with Crippen LogP contribution in [-0.4, -0.2) is 68.8 Å². The van der Waals surface area contributed by atoms with Gasteiger partial charge in [0.05, 0.1) is 13.2 Å². The monoisotopic (exact) mass is 440 g/mol. The molecule has 27 heavy (non-hydrogen) atoms. The van der Waals surface area contributed by atoms with E-state index < -0.39 is 0 Å². The number of morpholine rings is 1. The molecule has 1 heterocycles. The molecule has 150 valence electrons. The average Bonchev–Trinajstić information content (AvgIpc) is 2.66. The Morgan fingerprint density at radius 3 is 2.52 bits per heavy atom. The van der Waals surface area contributed by atoms with Gasteiger partial charge in [0.2, 0.25) is 0 Å². The number of urea groups is 1. The molecular formula is C19H29BrN4O3. The number of hydrogen-bond acceptors (Lipinski definition) is 4. The normalized spacial score (nSPS) is 16.0. The van der Waals surface area contributed by atoms with E-state index in [1.165, 1.54) is 0 Å². The van der Waals surface area contributed by atoms with Crippen LogP contribution in [-0.2, 0) is 4.74 Å². The molecular weight excluding hydrogens is 412 g/mol. The van der Waals surface area contributed by atoms with Gasteiger partial charge in [0.1, 0.15) is 0 Å². The van der Waals surface area contributed by atoms with Gasteiger partial charge in [-0.05, 0) is 24.1 Å². The van der Waals surface area contributed by atoms with E-state index in [1.807, 2.05) is 12.1 Å². The molecule has 1 aliphatic heterocycles. The van der Waals surface area contributed by atoms with Gasteiger partial charge in [-0.1, -0.05) is 35.8 Å². The first-order valence-electron chi connectivity index (χ1n) is 9.34. The highest BCUT2D eigenvalue weighted by atomic mass is 79.9. The van der Waals surface area contributed by atoms with E-state index in [-0.39, 0.29) is 18.0 Å². The Labute approximate surface area is 169 Å². The van der Waals surface area contributed by atoms with E-state index in [0.717, 1.165) is 30.8 Å². The molecule has 2 rings (SSSR count). The highest BCUT2D eigenvalue weighted by Gasteiger charge is 2.24. The second kappa shape index (κ2) is 11.3. The predicted octanol–water partition coefficient (Wildman–Crippen LogP) is 1.83. The summed E-state index contributed by atoms with van der Waals surface area (Å²) in [5.74, 6) is 0.276. The van der Waals surface area contributed by atoms with Crippen LogP contribution in [0.4, 0.5) is 4.79 Å². The summed E-state index contributed by atoms with van der Waals surface area (Å²) in [5.41, 5.74) is 0.583. The molecule has 3 amide bonds. The van der Waals surface area contributed by atoms with Crippen LogP contribution in [0, 0.1) is 5.92 Å². The lowest BCUT2D eigenvalue weighted by atomic mass is 10.0. The Kier molecular flexibility index (Phi) is 9.03. The summed E-state index contributed by atoms with van der Waals surface area (Å²) in [6.07, 6.45) is 0. The van der Waals surface area contributed by atoms with Crippen molar-refractivity contribution in [2.24, 2.45) is 5.92 Å². The van der Waals surface area contributed by atoms with Gasteiger partial charge in [0.15, 0.2) is 0 Å². The number of amides is 3. The fraction of sp³-hybridized carbons (Fsp3) is 0.579. The lowest BCUT2D eigenvalue weighted by Gasteiger charge is -2.36. The van der Waals surface area contributed by atoms with Crippen LogP contribution in [0.3, 0.4) is 0 Å². The van der Waals surface area contributed by atoms with Gasteiger partial charge >= 0.3 is 6.03 Å². The van der Waals surface area contributed by atoms with Crippen molar-refractivity contribution >= 4 is 27.9 Å². The van der Waals surface area contributed by atoms with E-state index in [4.69, 9.17) is 4.74 Å². The number of benzene rings is 1. The minimum Gasteiger partial charge on any atom is -0.379 e. The molecule has 1 unspecified atom stereocenters. The summed E-state index contributed by atoms with van der Waals surface area (Å²) in [7, 11) is 0. The largest absolute Gasteiger partial charge is 0.379 e. The number of nitrogens with one attached hydrogen (secondary N) is 3. The van der Waals surface area contributed by atoms with Crippen LogP contribution in [0.5, 0.6) is 0 Å². The smallest absolute Gasteiger partial charge is 0.314 e. The van der Waals surface area contributed by atoms with Crippen LogP contribution >= 0.6 is 15.9 Å². The maximum Gasteiger partial charge on any atom is 0.314 e. The topological polar surface area (TPSA) is 82.7 Å². The average molecular weight is 441 g/mol. The Morgan fingerprint density at radius 2 is 1.85 bits per heavy atom. The fourth-order valence-electron chi connectivity index (χ4n) is 3.04. The van der Waals surface area contributed by atoms with Crippen molar-refractivity contribution in [3.05, 3.63) is 34.3 Å².